The minimum atomic E-state index is -0.0420. The molecular formula is C23H22N2O2. The molecule has 1 saturated heterocycles. The zero-order valence-corrected chi connectivity index (χ0v) is 15.2. The average Bonchev–Trinajstić information content (AvgIpc) is 3.06. The molecule has 3 aromatic carbocycles. The van der Waals surface area contributed by atoms with Gasteiger partial charge in [0.2, 0.25) is 11.8 Å². The Hall–Kier alpha value is -3.14. The van der Waals surface area contributed by atoms with E-state index in [-0.39, 0.29) is 11.8 Å². The highest BCUT2D eigenvalue weighted by Crippen LogP contribution is 2.19. The number of hydrogen-bond donors (Lipinski definition) is 1. The molecule has 4 rings (SSSR count). The van der Waals surface area contributed by atoms with Gasteiger partial charge in [-0.15, -0.1) is 0 Å². The lowest BCUT2D eigenvalue weighted by Gasteiger charge is -2.16. The van der Waals surface area contributed by atoms with Crippen LogP contribution >= 0.6 is 0 Å². The molecule has 1 aliphatic heterocycles. The van der Waals surface area contributed by atoms with E-state index < -0.39 is 0 Å². The Kier molecular flexibility index (Phi) is 4.88. The van der Waals surface area contributed by atoms with Crippen LogP contribution in [0.3, 0.4) is 0 Å². The average molecular weight is 358 g/mol. The molecule has 1 heterocycles. The fourth-order valence-electron chi connectivity index (χ4n) is 3.58. The summed E-state index contributed by atoms with van der Waals surface area (Å²) < 4.78 is 0. The van der Waals surface area contributed by atoms with Gasteiger partial charge in [0.25, 0.3) is 0 Å². The van der Waals surface area contributed by atoms with Crippen molar-refractivity contribution in [3.8, 4) is 0 Å². The largest absolute Gasteiger partial charge is 0.338 e. The maximum atomic E-state index is 12.5. The van der Waals surface area contributed by atoms with Gasteiger partial charge in [0.1, 0.15) is 0 Å². The first-order chi connectivity index (χ1) is 13.2. The van der Waals surface area contributed by atoms with E-state index in [4.69, 9.17) is 0 Å². The van der Waals surface area contributed by atoms with Gasteiger partial charge < -0.3 is 10.2 Å². The van der Waals surface area contributed by atoms with Gasteiger partial charge in [-0.2, -0.15) is 0 Å². The molecule has 4 nitrogen and oxygen atoms in total. The summed E-state index contributed by atoms with van der Waals surface area (Å²) in [5.41, 5.74) is 2.80. The van der Waals surface area contributed by atoms with Gasteiger partial charge in [0.15, 0.2) is 0 Å². The number of nitrogens with one attached hydrogen (secondary N) is 1. The molecule has 0 unspecified atom stereocenters. The number of rotatable bonds is 5. The number of carbonyl (C=O) groups excluding carboxylic acids is 2. The van der Waals surface area contributed by atoms with Crippen LogP contribution in [0.25, 0.3) is 10.8 Å². The van der Waals surface area contributed by atoms with Crippen molar-refractivity contribution >= 4 is 28.3 Å². The maximum absolute atomic E-state index is 12.5. The summed E-state index contributed by atoms with van der Waals surface area (Å²) in [6.45, 7) is 1.42. The number of anilines is 1. The Morgan fingerprint density at radius 3 is 2.59 bits per heavy atom. The van der Waals surface area contributed by atoms with Crippen LogP contribution in [0.1, 0.15) is 24.0 Å². The fraction of sp³-hybridized carbons (Fsp3) is 0.217. The van der Waals surface area contributed by atoms with Crippen molar-refractivity contribution in [1.82, 2.24) is 4.90 Å². The minimum Gasteiger partial charge on any atom is -0.338 e. The molecule has 0 bridgehead atoms. The number of amides is 2. The number of likely N-dealkylation sites (tertiary alicyclic amines) is 1. The van der Waals surface area contributed by atoms with E-state index in [9.17, 15) is 9.59 Å². The fourth-order valence-corrected chi connectivity index (χ4v) is 3.58. The summed E-state index contributed by atoms with van der Waals surface area (Å²) >= 11 is 0. The van der Waals surface area contributed by atoms with E-state index >= 15 is 0 Å². The van der Waals surface area contributed by atoms with Crippen LogP contribution in [-0.2, 0) is 22.6 Å². The molecule has 4 heteroatoms. The molecule has 3 aromatic rings. The second-order valence-corrected chi connectivity index (χ2v) is 7.03. The monoisotopic (exact) mass is 358 g/mol. The molecule has 0 atom stereocenters. The highest BCUT2D eigenvalue weighted by molar-refractivity contribution is 5.93. The van der Waals surface area contributed by atoms with E-state index in [2.05, 4.69) is 23.5 Å². The summed E-state index contributed by atoms with van der Waals surface area (Å²) in [5, 5.41) is 5.28. The lowest BCUT2D eigenvalue weighted by atomic mass is 10.0. The van der Waals surface area contributed by atoms with E-state index in [1.807, 2.05) is 53.4 Å². The summed E-state index contributed by atoms with van der Waals surface area (Å²) in [5.74, 6) is 0.167. The molecule has 0 aliphatic carbocycles. The Morgan fingerprint density at radius 1 is 0.926 bits per heavy atom. The smallest absolute Gasteiger partial charge is 0.228 e. The van der Waals surface area contributed by atoms with Crippen LogP contribution < -0.4 is 5.32 Å². The van der Waals surface area contributed by atoms with Gasteiger partial charge in [0, 0.05) is 25.2 Å². The number of carbonyl (C=O) groups is 2. The topological polar surface area (TPSA) is 49.4 Å². The van der Waals surface area contributed by atoms with Gasteiger partial charge in [-0.3, -0.25) is 9.59 Å². The van der Waals surface area contributed by atoms with E-state index in [0.29, 0.717) is 19.4 Å². The predicted molar refractivity (Wildman–Crippen MR) is 107 cm³/mol. The maximum Gasteiger partial charge on any atom is 0.228 e. The number of benzene rings is 3. The Morgan fingerprint density at radius 2 is 1.78 bits per heavy atom. The third-order valence-corrected chi connectivity index (χ3v) is 4.93. The molecule has 2 amide bonds. The Labute approximate surface area is 158 Å². The molecule has 1 fully saturated rings. The highest BCUT2D eigenvalue weighted by Gasteiger charge is 2.20. The minimum absolute atomic E-state index is 0.0420. The van der Waals surface area contributed by atoms with E-state index in [0.717, 1.165) is 35.2 Å². The van der Waals surface area contributed by atoms with Gasteiger partial charge in [-0.05, 0) is 40.5 Å². The first-order valence-corrected chi connectivity index (χ1v) is 9.32. The molecule has 0 saturated carbocycles. The van der Waals surface area contributed by atoms with Crippen molar-refractivity contribution in [3.05, 3.63) is 77.9 Å². The van der Waals surface area contributed by atoms with Crippen molar-refractivity contribution < 1.29 is 9.59 Å². The standard InChI is InChI=1S/C23H22N2O2/c26-22(15-17-10-11-19-6-1-2-7-20(19)13-17)24-21-8-3-5-18(14-21)16-25-12-4-9-23(25)27/h1-3,5-8,10-11,13-14H,4,9,12,15-16H2,(H,24,26). The SMILES string of the molecule is O=C(Cc1ccc2ccccc2c1)Nc1cccc(CN2CCCC2=O)c1. The molecular weight excluding hydrogens is 336 g/mol. The molecule has 27 heavy (non-hydrogen) atoms. The zero-order chi connectivity index (χ0) is 18.6. The summed E-state index contributed by atoms with van der Waals surface area (Å²) in [4.78, 5) is 26.1. The normalized spacial score (nSPS) is 13.9. The van der Waals surface area contributed by atoms with Crippen LogP contribution in [0, 0.1) is 0 Å². The lowest BCUT2D eigenvalue weighted by molar-refractivity contribution is -0.128. The first-order valence-electron chi connectivity index (χ1n) is 9.32. The zero-order valence-electron chi connectivity index (χ0n) is 15.2. The number of nitrogens with zero attached hydrogens (tertiary/aromatic N) is 1. The van der Waals surface area contributed by atoms with Crippen LogP contribution in [0.15, 0.2) is 66.7 Å². The predicted octanol–water partition coefficient (Wildman–Crippen LogP) is 4.14. The molecule has 1 aliphatic rings. The van der Waals surface area contributed by atoms with Gasteiger partial charge in [-0.25, -0.2) is 0 Å². The molecule has 0 spiro atoms. The Balaban J connectivity index is 1.41. The van der Waals surface area contributed by atoms with Crippen molar-refractivity contribution in [3.63, 3.8) is 0 Å². The summed E-state index contributed by atoms with van der Waals surface area (Å²) in [6.07, 6.45) is 1.91. The Bertz CT molecular complexity index is 996. The van der Waals surface area contributed by atoms with Gasteiger partial charge >= 0.3 is 0 Å². The van der Waals surface area contributed by atoms with Crippen LogP contribution in [-0.4, -0.2) is 23.3 Å². The van der Waals surface area contributed by atoms with Crippen LogP contribution in [0.2, 0.25) is 0 Å². The number of hydrogen-bond acceptors (Lipinski definition) is 2. The van der Waals surface area contributed by atoms with Gasteiger partial charge in [0.05, 0.1) is 6.42 Å². The second kappa shape index (κ2) is 7.62. The summed E-state index contributed by atoms with van der Waals surface area (Å²) in [7, 11) is 0. The molecule has 0 radical (unpaired) electrons. The third-order valence-electron chi connectivity index (χ3n) is 4.93. The van der Waals surface area contributed by atoms with Crippen molar-refractivity contribution in [2.24, 2.45) is 0 Å². The van der Waals surface area contributed by atoms with Crippen LogP contribution in [0.5, 0.6) is 0 Å². The van der Waals surface area contributed by atoms with Crippen LogP contribution in [0.4, 0.5) is 5.69 Å². The molecule has 1 N–H and O–H groups in total. The number of fused-ring (bicyclic) bond motifs is 1. The van der Waals surface area contributed by atoms with Crippen molar-refractivity contribution in [1.29, 1.82) is 0 Å². The van der Waals surface area contributed by atoms with Gasteiger partial charge in [-0.1, -0.05) is 54.6 Å². The first kappa shape index (κ1) is 17.3. The summed E-state index contributed by atoms with van der Waals surface area (Å²) in [6, 6.07) is 22.0. The van der Waals surface area contributed by atoms with E-state index in [1.165, 1.54) is 5.39 Å². The highest BCUT2D eigenvalue weighted by atomic mass is 16.2. The lowest BCUT2D eigenvalue weighted by Crippen LogP contribution is -2.23. The quantitative estimate of drug-likeness (QED) is 0.745. The second-order valence-electron chi connectivity index (χ2n) is 7.03. The van der Waals surface area contributed by atoms with Crippen molar-refractivity contribution in [2.75, 3.05) is 11.9 Å². The molecule has 0 aromatic heterocycles. The third kappa shape index (κ3) is 4.17. The molecule has 136 valence electrons. The van der Waals surface area contributed by atoms with Crippen molar-refractivity contribution in [2.45, 2.75) is 25.8 Å². The van der Waals surface area contributed by atoms with E-state index in [1.54, 1.807) is 0 Å².